The summed E-state index contributed by atoms with van der Waals surface area (Å²) in [5.41, 5.74) is 1.29. The number of nitrogens with one attached hydrogen (secondary N) is 1. The van der Waals surface area contributed by atoms with Crippen LogP contribution in [0.5, 0.6) is 0 Å². The predicted molar refractivity (Wildman–Crippen MR) is 101 cm³/mol. The summed E-state index contributed by atoms with van der Waals surface area (Å²) < 4.78 is 33.5. The van der Waals surface area contributed by atoms with Crippen molar-refractivity contribution in [2.24, 2.45) is 0 Å². The fourth-order valence-electron chi connectivity index (χ4n) is 3.18. The summed E-state index contributed by atoms with van der Waals surface area (Å²) in [5, 5.41) is 14.5. The van der Waals surface area contributed by atoms with Crippen molar-refractivity contribution < 1.29 is 18.0 Å². The number of fused-ring (bicyclic) bond motifs is 1. The van der Waals surface area contributed by atoms with E-state index in [4.69, 9.17) is 4.42 Å². The number of rotatable bonds is 6. The third-order valence-electron chi connectivity index (χ3n) is 4.87. The van der Waals surface area contributed by atoms with E-state index >= 15 is 0 Å². The van der Waals surface area contributed by atoms with Gasteiger partial charge in [0.15, 0.2) is 5.65 Å². The first kappa shape index (κ1) is 18.3. The highest BCUT2D eigenvalue weighted by atomic mass is 19.3. The van der Waals surface area contributed by atoms with Gasteiger partial charge in [0.25, 0.3) is 12.3 Å². The number of carbonyl (C=O) groups excluding carboxylic acids is 1. The first-order valence-corrected chi connectivity index (χ1v) is 9.43. The minimum atomic E-state index is -2.72. The Morgan fingerprint density at radius 3 is 2.77 bits per heavy atom. The van der Waals surface area contributed by atoms with Gasteiger partial charge in [-0.2, -0.15) is 5.10 Å². The van der Waals surface area contributed by atoms with Gasteiger partial charge in [0, 0.05) is 17.2 Å². The van der Waals surface area contributed by atoms with Gasteiger partial charge in [0.1, 0.15) is 11.3 Å². The smallest absolute Gasteiger partial charge is 0.280 e. The normalized spacial score (nSPS) is 13.8. The number of nitrogens with zero attached hydrogens (tertiary/aromatic N) is 5. The van der Waals surface area contributed by atoms with Gasteiger partial charge >= 0.3 is 0 Å². The Hall–Kier alpha value is -3.69. The maximum absolute atomic E-state index is 13.5. The first-order valence-electron chi connectivity index (χ1n) is 9.43. The summed E-state index contributed by atoms with van der Waals surface area (Å²) in [6.45, 7) is -0.0139. The number of hydrogen-bond acceptors (Lipinski definition) is 6. The largest absolute Gasteiger partial charge is 0.419 e. The van der Waals surface area contributed by atoms with E-state index in [2.05, 4.69) is 25.6 Å². The van der Waals surface area contributed by atoms with Crippen molar-refractivity contribution in [1.29, 1.82) is 0 Å². The zero-order valence-corrected chi connectivity index (χ0v) is 15.6. The van der Waals surface area contributed by atoms with E-state index in [1.54, 1.807) is 0 Å². The Labute approximate surface area is 168 Å². The molecular weight excluding hydrogens is 394 g/mol. The van der Waals surface area contributed by atoms with Gasteiger partial charge in [-0.3, -0.25) is 4.79 Å². The van der Waals surface area contributed by atoms with Gasteiger partial charge in [0.05, 0.1) is 12.7 Å². The number of hydrogen-bond donors (Lipinski definition) is 1. The van der Waals surface area contributed by atoms with Crippen LogP contribution in [0.25, 0.3) is 17.1 Å². The lowest BCUT2D eigenvalue weighted by molar-refractivity contribution is 0.0948. The Morgan fingerprint density at radius 2 is 2.03 bits per heavy atom. The third kappa shape index (κ3) is 3.40. The van der Waals surface area contributed by atoms with Gasteiger partial charge < -0.3 is 9.73 Å². The molecule has 0 bridgehead atoms. The molecule has 3 heterocycles. The number of carbonyl (C=O) groups is 1. The molecule has 1 aromatic carbocycles. The Bertz CT molecular complexity index is 1220. The Kier molecular flexibility index (Phi) is 4.46. The van der Waals surface area contributed by atoms with E-state index in [0.717, 1.165) is 22.9 Å². The molecule has 1 saturated carbocycles. The van der Waals surface area contributed by atoms with E-state index in [9.17, 15) is 13.6 Å². The van der Waals surface area contributed by atoms with Crippen LogP contribution in [0.4, 0.5) is 8.78 Å². The van der Waals surface area contributed by atoms with Gasteiger partial charge in [-0.25, -0.2) is 18.3 Å². The van der Waals surface area contributed by atoms with Crippen LogP contribution >= 0.6 is 0 Å². The summed E-state index contributed by atoms with van der Waals surface area (Å²) in [6.07, 6.45) is 0.326. The number of amides is 1. The SMILES string of the molecule is O=C(NCc1nnc(-c2ccccc2)o1)c1cnn2c(C(F)F)cc(C3CC3)nc12. The lowest BCUT2D eigenvalue weighted by Gasteiger charge is -2.07. The second kappa shape index (κ2) is 7.29. The second-order valence-corrected chi connectivity index (χ2v) is 7.02. The molecule has 1 aliphatic rings. The number of aromatic nitrogens is 5. The molecule has 152 valence electrons. The summed E-state index contributed by atoms with van der Waals surface area (Å²) >= 11 is 0. The topological polar surface area (TPSA) is 98.2 Å². The molecule has 4 aromatic rings. The fourth-order valence-corrected chi connectivity index (χ4v) is 3.18. The van der Waals surface area contributed by atoms with Crippen LogP contribution in [-0.4, -0.2) is 30.7 Å². The predicted octanol–water partition coefficient (Wildman–Crippen LogP) is 3.52. The van der Waals surface area contributed by atoms with E-state index < -0.39 is 12.3 Å². The molecule has 0 spiro atoms. The van der Waals surface area contributed by atoms with Crippen molar-refractivity contribution in [2.75, 3.05) is 0 Å². The zero-order valence-electron chi connectivity index (χ0n) is 15.6. The highest BCUT2D eigenvalue weighted by molar-refractivity contribution is 5.99. The second-order valence-electron chi connectivity index (χ2n) is 7.02. The molecule has 0 aliphatic heterocycles. The van der Waals surface area contributed by atoms with Crippen LogP contribution in [0.1, 0.15) is 52.8 Å². The molecule has 10 heteroatoms. The molecule has 3 aromatic heterocycles. The molecular formula is C20H16F2N6O2. The number of halogens is 2. The van der Waals surface area contributed by atoms with Gasteiger partial charge in [0.2, 0.25) is 11.8 Å². The molecule has 1 fully saturated rings. The van der Waals surface area contributed by atoms with Crippen LogP contribution in [0.2, 0.25) is 0 Å². The van der Waals surface area contributed by atoms with E-state index in [0.29, 0.717) is 11.6 Å². The van der Waals surface area contributed by atoms with Crippen LogP contribution in [0.15, 0.2) is 47.0 Å². The van der Waals surface area contributed by atoms with Crippen molar-refractivity contribution in [1.82, 2.24) is 30.1 Å². The maximum atomic E-state index is 13.5. The van der Waals surface area contributed by atoms with Crippen molar-refractivity contribution in [3.05, 3.63) is 65.4 Å². The molecule has 0 radical (unpaired) electrons. The molecule has 1 N–H and O–H groups in total. The van der Waals surface area contributed by atoms with Crippen molar-refractivity contribution >= 4 is 11.6 Å². The van der Waals surface area contributed by atoms with Crippen molar-refractivity contribution in [2.45, 2.75) is 31.7 Å². The average Bonchev–Trinajstić information content (AvgIpc) is 3.35. The van der Waals surface area contributed by atoms with Crippen molar-refractivity contribution in [3.8, 4) is 11.5 Å². The van der Waals surface area contributed by atoms with Gasteiger partial charge in [-0.05, 0) is 31.0 Å². The third-order valence-corrected chi connectivity index (χ3v) is 4.87. The highest BCUT2D eigenvalue weighted by Crippen LogP contribution is 2.40. The van der Waals surface area contributed by atoms with E-state index in [1.807, 2.05) is 30.3 Å². The molecule has 0 unspecified atom stereocenters. The van der Waals surface area contributed by atoms with E-state index in [1.165, 1.54) is 12.3 Å². The quantitative estimate of drug-likeness (QED) is 0.522. The minimum Gasteiger partial charge on any atom is -0.419 e. The maximum Gasteiger partial charge on any atom is 0.280 e. The number of alkyl halides is 2. The molecule has 30 heavy (non-hydrogen) atoms. The number of benzene rings is 1. The Balaban J connectivity index is 1.37. The average molecular weight is 410 g/mol. The monoisotopic (exact) mass is 410 g/mol. The molecule has 1 aliphatic carbocycles. The zero-order chi connectivity index (χ0) is 20.7. The highest BCUT2D eigenvalue weighted by Gasteiger charge is 2.29. The Morgan fingerprint density at radius 1 is 1.23 bits per heavy atom. The minimum absolute atomic E-state index is 0.0139. The van der Waals surface area contributed by atoms with Crippen LogP contribution in [0, 0.1) is 0 Å². The lowest BCUT2D eigenvalue weighted by atomic mass is 10.2. The van der Waals surface area contributed by atoms with Crippen LogP contribution in [0.3, 0.4) is 0 Å². The molecule has 0 atom stereocenters. The first-order chi connectivity index (χ1) is 14.6. The van der Waals surface area contributed by atoms with Crippen molar-refractivity contribution in [3.63, 3.8) is 0 Å². The summed E-state index contributed by atoms with van der Waals surface area (Å²) in [4.78, 5) is 17.1. The van der Waals surface area contributed by atoms with Crippen LogP contribution < -0.4 is 5.32 Å². The van der Waals surface area contributed by atoms with Gasteiger partial charge in [-0.1, -0.05) is 18.2 Å². The summed E-state index contributed by atoms with van der Waals surface area (Å²) in [6, 6.07) is 10.6. The molecule has 8 nitrogen and oxygen atoms in total. The van der Waals surface area contributed by atoms with Gasteiger partial charge in [-0.15, -0.1) is 10.2 Å². The fraction of sp³-hybridized carbons (Fsp3) is 0.250. The summed E-state index contributed by atoms with van der Waals surface area (Å²) in [7, 11) is 0. The van der Waals surface area contributed by atoms with Crippen LogP contribution in [-0.2, 0) is 6.54 Å². The van der Waals surface area contributed by atoms with E-state index in [-0.39, 0.29) is 35.3 Å². The summed E-state index contributed by atoms with van der Waals surface area (Å²) in [5.74, 6) is 0.213. The molecule has 1 amide bonds. The standard InChI is InChI=1S/C20H16F2N6O2/c21-17(22)15-8-14(11-6-7-11)25-18-13(9-24-28(15)18)19(29)23-10-16-26-27-20(30-16)12-4-2-1-3-5-12/h1-5,8-9,11,17H,6-7,10H2,(H,23,29). The molecule has 0 saturated heterocycles. The lowest BCUT2D eigenvalue weighted by Crippen LogP contribution is -2.23. The molecule has 5 rings (SSSR count).